The SMILES string of the molecule is Cc1nn(-c2ncc3ncn(C)c3n2)c(C)c1Cl. The minimum absolute atomic E-state index is 0.499. The summed E-state index contributed by atoms with van der Waals surface area (Å²) in [6.45, 7) is 3.74. The predicted octanol–water partition coefficient (Wildman–Crippen LogP) is 1.82. The van der Waals surface area contributed by atoms with Crippen LogP contribution >= 0.6 is 11.6 Å². The molecular weight excluding hydrogens is 252 g/mol. The van der Waals surface area contributed by atoms with E-state index < -0.39 is 0 Å². The molecule has 0 atom stereocenters. The van der Waals surface area contributed by atoms with Crippen LogP contribution in [0.5, 0.6) is 0 Å². The molecular formula is C11H11ClN6. The van der Waals surface area contributed by atoms with Gasteiger partial charge < -0.3 is 4.57 Å². The van der Waals surface area contributed by atoms with Gasteiger partial charge in [-0.05, 0) is 13.8 Å². The van der Waals surface area contributed by atoms with Crippen molar-refractivity contribution < 1.29 is 0 Å². The second-order valence-electron chi connectivity index (χ2n) is 4.13. The largest absolute Gasteiger partial charge is 0.318 e. The molecule has 0 aromatic carbocycles. The molecule has 0 radical (unpaired) electrons. The molecule has 6 nitrogen and oxygen atoms in total. The summed E-state index contributed by atoms with van der Waals surface area (Å²) in [7, 11) is 1.89. The first kappa shape index (κ1) is 11.2. The van der Waals surface area contributed by atoms with Crippen LogP contribution in [0.2, 0.25) is 5.02 Å². The van der Waals surface area contributed by atoms with Gasteiger partial charge in [0.2, 0.25) is 0 Å². The van der Waals surface area contributed by atoms with E-state index in [0.717, 1.165) is 22.6 Å². The lowest BCUT2D eigenvalue weighted by molar-refractivity contribution is 0.774. The van der Waals surface area contributed by atoms with Gasteiger partial charge in [-0.1, -0.05) is 11.6 Å². The Hall–Kier alpha value is -1.95. The molecule has 0 spiro atoms. The Labute approximate surface area is 108 Å². The fraction of sp³-hybridized carbons (Fsp3) is 0.273. The summed E-state index contributed by atoms with van der Waals surface area (Å²) < 4.78 is 3.48. The van der Waals surface area contributed by atoms with Crippen LogP contribution in [-0.2, 0) is 7.05 Å². The molecule has 0 bridgehead atoms. The number of aryl methyl sites for hydroxylation is 2. The number of aromatic nitrogens is 6. The fourth-order valence-corrected chi connectivity index (χ4v) is 1.95. The Bertz CT molecular complexity index is 741. The lowest BCUT2D eigenvalue weighted by atomic mass is 10.4. The molecule has 3 aromatic rings. The summed E-state index contributed by atoms with van der Waals surface area (Å²) in [5.41, 5.74) is 3.12. The second-order valence-corrected chi connectivity index (χ2v) is 4.51. The number of hydrogen-bond acceptors (Lipinski definition) is 4. The van der Waals surface area contributed by atoms with E-state index in [1.165, 1.54) is 0 Å². The van der Waals surface area contributed by atoms with Gasteiger partial charge in [0.1, 0.15) is 5.52 Å². The predicted molar refractivity (Wildman–Crippen MR) is 67.9 cm³/mol. The van der Waals surface area contributed by atoms with Gasteiger partial charge in [-0.2, -0.15) is 10.1 Å². The average molecular weight is 263 g/mol. The first-order valence-electron chi connectivity index (χ1n) is 5.44. The summed E-state index contributed by atoms with van der Waals surface area (Å²) in [5, 5.41) is 4.97. The monoisotopic (exact) mass is 262 g/mol. The van der Waals surface area contributed by atoms with E-state index >= 15 is 0 Å². The maximum Gasteiger partial charge on any atom is 0.252 e. The third-order valence-electron chi connectivity index (χ3n) is 2.83. The zero-order valence-electron chi connectivity index (χ0n) is 10.2. The summed E-state index contributed by atoms with van der Waals surface area (Å²) in [4.78, 5) is 12.9. The van der Waals surface area contributed by atoms with E-state index in [-0.39, 0.29) is 0 Å². The van der Waals surface area contributed by atoms with Crippen LogP contribution in [0, 0.1) is 13.8 Å². The minimum Gasteiger partial charge on any atom is -0.318 e. The number of nitrogens with zero attached hydrogens (tertiary/aromatic N) is 6. The Balaban J connectivity index is 2.24. The topological polar surface area (TPSA) is 61.4 Å². The van der Waals surface area contributed by atoms with Crippen LogP contribution in [0.1, 0.15) is 11.4 Å². The van der Waals surface area contributed by atoms with E-state index in [1.807, 2.05) is 25.5 Å². The van der Waals surface area contributed by atoms with Gasteiger partial charge in [0.25, 0.3) is 5.95 Å². The van der Waals surface area contributed by atoms with Crippen LogP contribution < -0.4 is 0 Å². The summed E-state index contributed by atoms with van der Waals surface area (Å²) >= 11 is 6.12. The summed E-state index contributed by atoms with van der Waals surface area (Å²) in [5.74, 6) is 0.499. The molecule has 92 valence electrons. The van der Waals surface area contributed by atoms with E-state index in [0.29, 0.717) is 11.0 Å². The highest BCUT2D eigenvalue weighted by atomic mass is 35.5. The normalized spacial score (nSPS) is 11.3. The van der Waals surface area contributed by atoms with Gasteiger partial charge in [0.15, 0.2) is 5.65 Å². The molecule has 0 aliphatic carbocycles. The van der Waals surface area contributed by atoms with Crippen molar-refractivity contribution in [2.45, 2.75) is 13.8 Å². The van der Waals surface area contributed by atoms with E-state index in [4.69, 9.17) is 11.6 Å². The zero-order chi connectivity index (χ0) is 12.9. The molecule has 3 rings (SSSR count). The first-order chi connectivity index (χ1) is 8.58. The maximum absolute atomic E-state index is 6.12. The molecule has 3 aromatic heterocycles. The maximum atomic E-state index is 6.12. The van der Waals surface area contributed by atoms with Crippen molar-refractivity contribution in [2.24, 2.45) is 7.05 Å². The highest BCUT2D eigenvalue weighted by Gasteiger charge is 2.13. The van der Waals surface area contributed by atoms with Crippen LogP contribution in [0.15, 0.2) is 12.5 Å². The smallest absolute Gasteiger partial charge is 0.252 e. The lowest BCUT2D eigenvalue weighted by Crippen LogP contribution is -2.05. The van der Waals surface area contributed by atoms with Crippen LogP contribution in [-0.4, -0.2) is 29.3 Å². The van der Waals surface area contributed by atoms with Gasteiger partial charge >= 0.3 is 0 Å². The van der Waals surface area contributed by atoms with Gasteiger partial charge in [-0.15, -0.1) is 0 Å². The van der Waals surface area contributed by atoms with E-state index in [2.05, 4.69) is 20.1 Å². The number of rotatable bonds is 1. The zero-order valence-corrected chi connectivity index (χ0v) is 11.0. The molecule has 0 N–H and O–H groups in total. The molecule has 0 unspecified atom stereocenters. The standard InChI is InChI=1S/C11H11ClN6/c1-6-9(12)7(2)18(16-6)11-13-4-8-10(15-11)17(3)5-14-8/h4-5H,1-3H3. The molecule has 0 amide bonds. The molecule has 0 aliphatic rings. The number of hydrogen-bond donors (Lipinski definition) is 0. The molecule has 0 saturated carbocycles. The molecule has 0 aliphatic heterocycles. The molecule has 3 heterocycles. The van der Waals surface area contributed by atoms with Crippen LogP contribution in [0.25, 0.3) is 17.1 Å². The van der Waals surface area contributed by atoms with Crippen molar-refractivity contribution >= 4 is 22.8 Å². The highest BCUT2D eigenvalue weighted by molar-refractivity contribution is 6.31. The first-order valence-corrected chi connectivity index (χ1v) is 5.82. The Morgan fingerprint density at radius 3 is 2.67 bits per heavy atom. The van der Waals surface area contributed by atoms with Gasteiger partial charge in [0, 0.05) is 7.05 Å². The van der Waals surface area contributed by atoms with Crippen molar-refractivity contribution in [3.05, 3.63) is 28.9 Å². The minimum atomic E-state index is 0.499. The molecule has 18 heavy (non-hydrogen) atoms. The summed E-state index contributed by atoms with van der Waals surface area (Å²) in [6, 6.07) is 0. The fourth-order valence-electron chi connectivity index (χ4n) is 1.83. The number of fused-ring (bicyclic) bond motifs is 1. The van der Waals surface area contributed by atoms with Crippen molar-refractivity contribution in [3.8, 4) is 5.95 Å². The Kier molecular flexibility index (Phi) is 2.34. The highest BCUT2D eigenvalue weighted by Crippen LogP contribution is 2.21. The quantitative estimate of drug-likeness (QED) is 0.671. The van der Waals surface area contributed by atoms with Crippen molar-refractivity contribution in [2.75, 3.05) is 0 Å². The van der Waals surface area contributed by atoms with Crippen LogP contribution in [0.4, 0.5) is 0 Å². The third-order valence-corrected chi connectivity index (χ3v) is 3.38. The van der Waals surface area contributed by atoms with E-state index in [1.54, 1.807) is 17.2 Å². The number of imidazole rings is 1. The van der Waals surface area contributed by atoms with Gasteiger partial charge in [0.05, 0.1) is 28.9 Å². The van der Waals surface area contributed by atoms with Crippen molar-refractivity contribution in [1.29, 1.82) is 0 Å². The van der Waals surface area contributed by atoms with E-state index in [9.17, 15) is 0 Å². The molecule has 7 heteroatoms. The Morgan fingerprint density at radius 1 is 1.22 bits per heavy atom. The molecule has 0 saturated heterocycles. The molecule has 0 fully saturated rings. The third kappa shape index (κ3) is 1.49. The summed E-state index contributed by atoms with van der Waals surface area (Å²) in [6.07, 6.45) is 3.39. The van der Waals surface area contributed by atoms with Crippen molar-refractivity contribution in [1.82, 2.24) is 29.3 Å². The van der Waals surface area contributed by atoms with Gasteiger partial charge in [-0.25, -0.2) is 14.6 Å². The van der Waals surface area contributed by atoms with Crippen molar-refractivity contribution in [3.63, 3.8) is 0 Å². The van der Waals surface area contributed by atoms with Gasteiger partial charge in [-0.3, -0.25) is 0 Å². The average Bonchev–Trinajstić information content (AvgIpc) is 2.86. The number of halogens is 1. The second kappa shape index (κ2) is 3.78. The van der Waals surface area contributed by atoms with Crippen LogP contribution in [0.3, 0.4) is 0 Å². The lowest BCUT2D eigenvalue weighted by Gasteiger charge is -2.02. The Morgan fingerprint density at radius 2 is 2.00 bits per heavy atom.